The molecule has 9 heteroatoms. The van der Waals surface area contributed by atoms with Crippen LogP contribution in [0, 0.1) is 6.92 Å². The van der Waals surface area contributed by atoms with Crippen molar-refractivity contribution in [1.82, 2.24) is 9.71 Å². The summed E-state index contributed by atoms with van der Waals surface area (Å²) in [4.78, 5) is 16.7. The fourth-order valence-electron chi connectivity index (χ4n) is 2.50. The number of ether oxygens (including phenoxy) is 2. The Hall–Kier alpha value is -1.45. The number of nitrogens with one attached hydrogen (secondary N) is 1. The topological polar surface area (TPSA) is 86.8 Å². The number of amides is 1. The van der Waals surface area contributed by atoms with Crippen LogP contribution in [-0.4, -0.2) is 41.9 Å². The van der Waals surface area contributed by atoms with Crippen LogP contribution in [0.4, 0.5) is 4.79 Å². The first-order valence-corrected chi connectivity index (χ1v) is 15.3. The zero-order valence-corrected chi connectivity index (χ0v) is 23.3. The lowest BCUT2D eigenvalue weighted by Crippen LogP contribution is -2.40. The highest BCUT2D eigenvalue weighted by molar-refractivity contribution is 7.83. The Morgan fingerprint density at radius 3 is 2.34 bits per heavy atom. The quantitative estimate of drug-likeness (QED) is 0.327. The average Bonchev–Trinajstić information content (AvgIpc) is 2.58. The Bertz CT molecular complexity index is 788. The van der Waals surface area contributed by atoms with Gasteiger partial charge >= 0.3 is 6.09 Å². The molecule has 7 nitrogen and oxygen atoms in total. The van der Waals surface area contributed by atoms with Crippen LogP contribution >= 0.6 is 0 Å². The molecule has 0 aliphatic heterocycles. The van der Waals surface area contributed by atoms with Crippen molar-refractivity contribution in [2.24, 2.45) is 0 Å². The summed E-state index contributed by atoms with van der Waals surface area (Å²) >= 11 is 0. The maximum Gasteiger partial charge on any atom is 0.419 e. The van der Waals surface area contributed by atoms with Crippen LogP contribution in [0.2, 0.25) is 18.1 Å². The van der Waals surface area contributed by atoms with Crippen LogP contribution in [-0.2, 0) is 20.1 Å². The first kappa shape index (κ1) is 28.6. The third kappa shape index (κ3) is 10.00. The molecule has 0 spiro atoms. The number of unbranched alkanes of at least 4 members (excludes halogenated alkanes) is 1. The Morgan fingerprint density at radius 1 is 1.16 bits per heavy atom. The first-order valence-electron chi connectivity index (χ1n) is 11.2. The predicted molar refractivity (Wildman–Crippen MR) is 132 cm³/mol. The fraction of sp³-hybridized carbons (Fsp3) is 0.739. The van der Waals surface area contributed by atoms with Gasteiger partial charge in [0.1, 0.15) is 10.5 Å². The SMILES string of the molecule is Cc1ccc(S(=O)NC(=O)OC(C)(C)C)c(O[C@H](C)CCCCO[Si](C)(C)C(C)(C)C)n1. The van der Waals surface area contributed by atoms with Crippen molar-refractivity contribution in [1.29, 1.82) is 0 Å². The highest BCUT2D eigenvalue weighted by Gasteiger charge is 2.36. The monoisotopic (exact) mass is 486 g/mol. The van der Waals surface area contributed by atoms with Gasteiger partial charge in [0.25, 0.3) is 0 Å². The minimum atomic E-state index is -1.84. The van der Waals surface area contributed by atoms with Crippen LogP contribution in [0.1, 0.15) is 73.4 Å². The normalized spacial score (nSPS) is 14.6. The van der Waals surface area contributed by atoms with Crippen molar-refractivity contribution >= 4 is 25.4 Å². The van der Waals surface area contributed by atoms with E-state index in [0.29, 0.717) is 4.90 Å². The van der Waals surface area contributed by atoms with Crippen LogP contribution in [0.15, 0.2) is 17.0 Å². The molecule has 2 atom stereocenters. The van der Waals surface area contributed by atoms with Crippen LogP contribution in [0.3, 0.4) is 0 Å². The van der Waals surface area contributed by atoms with E-state index in [1.807, 2.05) is 13.8 Å². The molecule has 1 unspecified atom stereocenters. The molecule has 0 aliphatic carbocycles. The molecule has 1 heterocycles. The first-order chi connectivity index (χ1) is 14.5. The third-order valence-electron chi connectivity index (χ3n) is 5.33. The van der Waals surface area contributed by atoms with Gasteiger partial charge in [-0.15, -0.1) is 0 Å². The summed E-state index contributed by atoms with van der Waals surface area (Å²) in [5.41, 5.74) is 0.0649. The number of pyridine rings is 1. The van der Waals surface area contributed by atoms with Crippen molar-refractivity contribution in [3.8, 4) is 5.88 Å². The maximum absolute atomic E-state index is 12.7. The second kappa shape index (κ2) is 11.6. The molecule has 0 saturated carbocycles. The molecule has 0 radical (unpaired) electrons. The number of aromatic nitrogens is 1. The van der Waals surface area contributed by atoms with E-state index in [0.717, 1.165) is 31.6 Å². The lowest BCUT2D eigenvalue weighted by atomic mass is 10.2. The van der Waals surface area contributed by atoms with E-state index >= 15 is 0 Å². The van der Waals surface area contributed by atoms with Crippen molar-refractivity contribution in [3.63, 3.8) is 0 Å². The second-order valence-electron chi connectivity index (χ2n) is 10.7. The number of nitrogens with zero attached hydrogens (tertiary/aromatic N) is 1. The van der Waals surface area contributed by atoms with E-state index in [4.69, 9.17) is 13.9 Å². The molecule has 184 valence electrons. The molecule has 1 N–H and O–H groups in total. The standard InChI is InChI=1S/C23H42N2O5SSi/c1-17-14-15-19(31(27)25-21(26)30-22(3,4)5)20(24-17)29-18(2)13-11-12-16-28-32(9,10)23(6,7)8/h14-15,18H,11-13,16H2,1-10H3,(H,25,26)/t18-,31?/m1/s1. The van der Waals surface area contributed by atoms with Gasteiger partial charge in [0.05, 0.1) is 6.10 Å². The summed E-state index contributed by atoms with van der Waals surface area (Å²) in [6, 6.07) is 3.39. The largest absolute Gasteiger partial charge is 0.474 e. The van der Waals surface area contributed by atoms with E-state index in [1.54, 1.807) is 32.9 Å². The lowest BCUT2D eigenvalue weighted by Gasteiger charge is -2.36. The second-order valence-corrected chi connectivity index (χ2v) is 16.7. The van der Waals surface area contributed by atoms with Crippen molar-refractivity contribution in [2.45, 2.75) is 109 Å². The number of carbonyl (C=O) groups excluding carboxylic acids is 1. The van der Waals surface area contributed by atoms with Gasteiger partial charge in [-0.2, -0.15) is 0 Å². The zero-order valence-electron chi connectivity index (χ0n) is 21.5. The fourth-order valence-corrected chi connectivity index (χ4v) is 4.34. The van der Waals surface area contributed by atoms with Crippen molar-refractivity contribution in [2.75, 3.05) is 6.61 Å². The third-order valence-corrected chi connectivity index (χ3v) is 10.9. The van der Waals surface area contributed by atoms with Gasteiger partial charge in [0.15, 0.2) is 19.3 Å². The minimum absolute atomic E-state index is 0.116. The van der Waals surface area contributed by atoms with Crippen molar-refractivity contribution in [3.05, 3.63) is 17.8 Å². The van der Waals surface area contributed by atoms with E-state index in [1.165, 1.54) is 0 Å². The smallest absolute Gasteiger partial charge is 0.419 e. The molecule has 1 amide bonds. The Labute approximate surface area is 197 Å². The molecule has 0 aliphatic rings. The Balaban J connectivity index is 2.63. The molecule has 1 aromatic heterocycles. The number of aryl methyl sites for hydroxylation is 1. The average molecular weight is 487 g/mol. The predicted octanol–water partition coefficient (Wildman–Crippen LogP) is 5.90. The minimum Gasteiger partial charge on any atom is -0.474 e. The highest BCUT2D eigenvalue weighted by Crippen LogP contribution is 2.36. The van der Waals surface area contributed by atoms with E-state index in [2.05, 4.69) is 43.6 Å². The molecular weight excluding hydrogens is 444 g/mol. The molecule has 0 aromatic carbocycles. The summed E-state index contributed by atoms with van der Waals surface area (Å²) in [6.07, 6.45) is 1.87. The summed E-state index contributed by atoms with van der Waals surface area (Å²) in [6.45, 7) is 21.0. The van der Waals surface area contributed by atoms with Gasteiger partial charge in [-0.25, -0.2) is 18.7 Å². The Morgan fingerprint density at radius 2 is 1.78 bits per heavy atom. The highest BCUT2D eigenvalue weighted by atomic mass is 32.2. The summed E-state index contributed by atoms with van der Waals surface area (Å²) in [7, 11) is -3.56. The van der Waals surface area contributed by atoms with Gasteiger partial charge in [-0.05, 0) is 84.1 Å². The molecule has 32 heavy (non-hydrogen) atoms. The number of carbonyl (C=O) groups is 1. The molecule has 0 fully saturated rings. The lowest BCUT2D eigenvalue weighted by molar-refractivity contribution is 0.0572. The van der Waals surface area contributed by atoms with E-state index in [9.17, 15) is 9.00 Å². The van der Waals surface area contributed by atoms with E-state index < -0.39 is 31.0 Å². The van der Waals surface area contributed by atoms with Gasteiger partial charge < -0.3 is 13.9 Å². The van der Waals surface area contributed by atoms with E-state index in [-0.39, 0.29) is 17.0 Å². The molecule has 1 aromatic rings. The summed E-state index contributed by atoms with van der Waals surface area (Å²) in [5.74, 6) is 0.268. The van der Waals surface area contributed by atoms with Gasteiger partial charge in [0, 0.05) is 12.3 Å². The summed E-state index contributed by atoms with van der Waals surface area (Å²) in [5, 5.41) is 0.208. The van der Waals surface area contributed by atoms with Crippen LogP contribution in [0.25, 0.3) is 0 Å². The van der Waals surface area contributed by atoms with Gasteiger partial charge in [0.2, 0.25) is 5.88 Å². The number of hydrogen-bond acceptors (Lipinski definition) is 6. The molecule has 0 saturated heterocycles. The molecule has 1 rings (SSSR count). The van der Waals surface area contributed by atoms with Crippen molar-refractivity contribution < 1.29 is 22.9 Å². The maximum atomic E-state index is 12.7. The number of rotatable bonds is 10. The summed E-state index contributed by atoms with van der Waals surface area (Å²) < 4.78 is 32.5. The Kier molecular flexibility index (Phi) is 10.4. The van der Waals surface area contributed by atoms with Crippen LogP contribution in [0.5, 0.6) is 5.88 Å². The van der Waals surface area contributed by atoms with Crippen LogP contribution < -0.4 is 9.46 Å². The zero-order chi connectivity index (χ0) is 24.7. The number of hydrogen-bond donors (Lipinski definition) is 1. The molecular formula is C23H42N2O5SSi. The van der Waals surface area contributed by atoms with Gasteiger partial charge in [-0.3, -0.25) is 0 Å². The molecule has 0 bridgehead atoms. The van der Waals surface area contributed by atoms with Gasteiger partial charge in [-0.1, -0.05) is 20.8 Å².